The second-order valence-corrected chi connectivity index (χ2v) is 6.28. The van der Waals surface area contributed by atoms with Crippen LogP contribution in [-0.2, 0) is 13.0 Å². The van der Waals surface area contributed by atoms with Gasteiger partial charge in [-0.3, -0.25) is 0 Å². The van der Waals surface area contributed by atoms with E-state index in [0.29, 0.717) is 6.54 Å². The molecule has 2 aliphatic heterocycles. The zero-order chi connectivity index (χ0) is 12.8. The standard InChI is InChI=1S/C13H16N4OS.2ClH/c18-8-2-4-17(6-8)12-11-9-1-3-14-5-10(9)19-13(11)16-7-15-12;;/h7-8,14,18H,1-6H2;2*1H/t8-;;/m0../s1. The Balaban J connectivity index is 0.000000807. The Morgan fingerprint density at radius 1 is 1.33 bits per heavy atom. The van der Waals surface area contributed by atoms with E-state index in [4.69, 9.17) is 0 Å². The lowest BCUT2D eigenvalue weighted by molar-refractivity contribution is 0.198. The number of hydrogen-bond donors (Lipinski definition) is 2. The largest absolute Gasteiger partial charge is 0.391 e. The molecule has 0 spiro atoms. The fraction of sp³-hybridized carbons (Fsp3) is 0.538. The van der Waals surface area contributed by atoms with Crippen molar-refractivity contribution in [1.82, 2.24) is 15.3 Å². The quantitative estimate of drug-likeness (QED) is 0.822. The first-order chi connectivity index (χ1) is 9.33. The number of aliphatic hydroxyl groups is 1. The van der Waals surface area contributed by atoms with E-state index in [-0.39, 0.29) is 30.9 Å². The normalized spacial score (nSPS) is 20.8. The van der Waals surface area contributed by atoms with Crippen LogP contribution in [-0.4, -0.2) is 40.8 Å². The summed E-state index contributed by atoms with van der Waals surface area (Å²) in [5, 5.41) is 14.4. The number of aliphatic hydroxyl groups excluding tert-OH is 1. The summed E-state index contributed by atoms with van der Waals surface area (Å²) >= 11 is 1.77. The Morgan fingerprint density at radius 2 is 2.19 bits per heavy atom. The minimum absolute atomic E-state index is 0. The molecule has 1 saturated heterocycles. The molecular formula is C13H18Cl2N4OS. The van der Waals surface area contributed by atoms with Crippen LogP contribution in [0.25, 0.3) is 10.2 Å². The summed E-state index contributed by atoms with van der Waals surface area (Å²) in [5.74, 6) is 1.01. The van der Waals surface area contributed by atoms with Crippen LogP contribution in [0.2, 0.25) is 0 Å². The molecule has 1 atom stereocenters. The van der Waals surface area contributed by atoms with Crippen molar-refractivity contribution in [1.29, 1.82) is 0 Å². The zero-order valence-electron chi connectivity index (χ0n) is 11.4. The lowest BCUT2D eigenvalue weighted by Crippen LogP contribution is -2.24. The highest BCUT2D eigenvalue weighted by atomic mass is 35.5. The summed E-state index contributed by atoms with van der Waals surface area (Å²) in [6.07, 6.45) is 3.31. The lowest BCUT2D eigenvalue weighted by atomic mass is 10.1. The summed E-state index contributed by atoms with van der Waals surface area (Å²) in [6, 6.07) is 0. The van der Waals surface area contributed by atoms with Gasteiger partial charge in [-0.1, -0.05) is 0 Å². The number of thiophene rings is 1. The number of nitrogens with zero attached hydrogens (tertiary/aromatic N) is 3. The molecule has 0 aliphatic carbocycles. The second kappa shape index (κ2) is 6.62. The van der Waals surface area contributed by atoms with Crippen LogP contribution in [0.5, 0.6) is 0 Å². The van der Waals surface area contributed by atoms with E-state index < -0.39 is 0 Å². The molecule has 0 amide bonds. The Morgan fingerprint density at radius 3 is 2.95 bits per heavy atom. The van der Waals surface area contributed by atoms with Crippen LogP contribution in [0, 0.1) is 0 Å². The summed E-state index contributed by atoms with van der Waals surface area (Å²) < 4.78 is 0. The SMILES string of the molecule is Cl.Cl.O[C@H]1CCN(c2ncnc3sc4c(c23)CCNC4)C1. The molecule has 116 valence electrons. The summed E-state index contributed by atoms with van der Waals surface area (Å²) in [5.41, 5.74) is 1.41. The highest BCUT2D eigenvalue weighted by Crippen LogP contribution is 2.37. The maximum absolute atomic E-state index is 9.73. The van der Waals surface area contributed by atoms with Gasteiger partial charge in [-0.25, -0.2) is 9.97 Å². The van der Waals surface area contributed by atoms with Gasteiger partial charge >= 0.3 is 0 Å². The van der Waals surface area contributed by atoms with E-state index in [1.54, 1.807) is 17.7 Å². The van der Waals surface area contributed by atoms with E-state index >= 15 is 0 Å². The van der Waals surface area contributed by atoms with Crippen molar-refractivity contribution in [2.75, 3.05) is 24.5 Å². The Labute approximate surface area is 139 Å². The zero-order valence-corrected chi connectivity index (χ0v) is 13.9. The van der Waals surface area contributed by atoms with Gasteiger partial charge in [0.25, 0.3) is 0 Å². The molecule has 21 heavy (non-hydrogen) atoms. The molecule has 0 saturated carbocycles. The Bertz CT molecular complexity index is 636. The van der Waals surface area contributed by atoms with Gasteiger partial charge in [-0.2, -0.15) is 0 Å². The highest BCUT2D eigenvalue weighted by molar-refractivity contribution is 7.19. The number of anilines is 1. The van der Waals surface area contributed by atoms with Crippen LogP contribution in [0.3, 0.4) is 0 Å². The van der Waals surface area contributed by atoms with Gasteiger partial charge in [0.2, 0.25) is 0 Å². The van der Waals surface area contributed by atoms with E-state index in [0.717, 1.165) is 43.1 Å². The number of fused-ring (bicyclic) bond motifs is 3. The first kappa shape index (κ1) is 16.7. The smallest absolute Gasteiger partial charge is 0.141 e. The molecule has 1 fully saturated rings. The lowest BCUT2D eigenvalue weighted by Gasteiger charge is -2.19. The van der Waals surface area contributed by atoms with Gasteiger partial charge in [-0.15, -0.1) is 36.2 Å². The third-order valence-electron chi connectivity index (χ3n) is 3.95. The van der Waals surface area contributed by atoms with Crippen molar-refractivity contribution in [3.05, 3.63) is 16.8 Å². The minimum Gasteiger partial charge on any atom is -0.391 e. The molecule has 4 rings (SSSR count). The van der Waals surface area contributed by atoms with Crippen molar-refractivity contribution in [2.45, 2.75) is 25.5 Å². The number of halogens is 2. The summed E-state index contributed by atoms with van der Waals surface area (Å²) in [6.45, 7) is 3.54. The molecule has 0 bridgehead atoms. The average molecular weight is 349 g/mol. The fourth-order valence-electron chi connectivity index (χ4n) is 3.02. The van der Waals surface area contributed by atoms with E-state index in [1.165, 1.54) is 15.8 Å². The molecule has 0 unspecified atom stereocenters. The van der Waals surface area contributed by atoms with Crippen LogP contribution in [0.4, 0.5) is 5.82 Å². The van der Waals surface area contributed by atoms with Gasteiger partial charge in [0.05, 0.1) is 11.5 Å². The third kappa shape index (κ3) is 2.83. The molecule has 2 aliphatic rings. The molecule has 8 heteroatoms. The molecule has 2 aromatic heterocycles. The molecule has 4 heterocycles. The average Bonchev–Trinajstić information content (AvgIpc) is 3.01. The van der Waals surface area contributed by atoms with E-state index in [1.807, 2.05) is 0 Å². The van der Waals surface area contributed by atoms with E-state index in [2.05, 4.69) is 20.2 Å². The van der Waals surface area contributed by atoms with Crippen LogP contribution < -0.4 is 10.2 Å². The van der Waals surface area contributed by atoms with E-state index in [9.17, 15) is 5.11 Å². The number of hydrogen-bond acceptors (Lipinski definition) is 6. The molecule has 5 nitrogen and oxygen atoms in total. The van der Waals surface area contributed by atoms with Crippen molar-refractivity contribution < 1.29 is 5.11 Å². The van der Waals surface area contributed by atoms with Gasteiger partial charge in [-0.05, 0) is 24.9 Å². The monoisotopic (exact) mass is 348 g/mol. The van der Waals surface area contributed by atoms with Crippen molar-refractivity contribution in [2.24, 2.45) is 0 Å². The van der Waals surface area contributed by atoms with Gasteiger partial charge in [0.1, 0.15) is 17.0 Å². The molecule has 2 aromatic rings. The maximum atomic E-state index is 9.73. The first-order valence-corrected chi connectivity index (χ1v) is 7.53. The third-order valence-corrected chi connectivity index (χ3v) is 5.09. The van der Waals surface area contributed by atoms with Crippen LogP contribution in [0.1, 0.15) is 16.9 Å². The number of nitrogens with one attached hydrogen (secondary N) is 1. The topological polar surface area (TPSA) is 61.3 Å². The predicted octanol–water partition coefficient (Wildman–Crippen LogP) is 1.75. The molecule has 0 radical (unpaired) electrons. The van der Waals surface area contributed by atoms with Gasteiger partial charge in [0, 0.05) is 24.5 Å². The highest BCUT2D eigenvalue weighted by Gasteiger charge is 2.26. The Hall–Kier alpha value is -0.660. The first-order valence-electron chi connectivity index (χ1n) is 6.72. The Kier molecular flexibility index (Phi) is 5.27. The number of aromatic nitrogens is 2. The van der Waals surface area contributed by atoms with Crippen molar-refractivity contribution in [3.63, 3.8) is 0 Å². The van der Waals surface area contributed by atoms with Gasteiger partial charge in [0.15, 0.2) is 0 Å². The van der Waals surface area contributed by atoms with Crippen LogP contribution in [0.15, 0.2) is 6.33 Å². The number of β-amino-alcohol motifs (C(OH)–C–C–N with tert-alkyl or cyclic N) is 1. The molecule has 0 aromatic carbocycles. The van der Waals surface area contributed by atoms with Gasteiger partial charge < -0.3 is 15.3 Å². The van der Waals surface area contributed by atoms with Crippen molar-refractivity contribution >= 4 is 52.2 Å². The summed E-state index contributed by atoms with van der Waals surface area (Å²) in [4.78, 5) is 13.6. The maximum Gasteiger partial charge on any atom is 0.141 e. The molecular weight excluding hydrogens is 331 g/mol. The van der Waals surface area contributed by atoms with Crippen molar-refractivity contribution in [3.8, 4) is 0 Å². The number of rotatable bonds is 1. The predicted molar refractivity (Wildman–Crippen MR) is 90.2 cm³/mol. The fourth-order valence-corrected chi connectivity index (χ4v) is 4.17. The molecule has 2 N–H and O–H groups in total. The minimum atomic E-state index is -0.221. The van der Waals surface area contributed by atoms with Crippen LogP contribution >= 0.6 is 36.2 Å². The second-order valence-electron chi connectivity index (χ2n) is 5.20. The summed E-state index contributed by atoms with van der Waals surface area (Å²) in [7, 11) is 0.